The van der Waals surface area contributed by atoms with Gasteiger partial charge < -0.3 is 10.1 Å². The summed E-state index contributed by atoms with van der Waals surface area (Å²) >= 11 is 5.21. The third-order valence-corrected chi connectivity index (χ3v) is 4.36. The van der Waals surface area contributed by atoms with Gasteiger partial charge in [0.05, 0.1) is 18.3 Å². The molecule has 0 aliphatic rings. The van der Waals surface area contributed by atoms with Gasteiger partial charge in [0, 0.05) is 20.9 Å². The fourth-order valence-electron chi connectivity index (χ4n) is 1.88. The van der Waals surface area contributed by atoms with Crippen molar-refractivity contribution < 1.29 is 4.74 Å². The molecule has 0 aliphatic carbocycles. The molecule has 102 valence electrons. The van der Waals surface area contributed by atoms with Gasteiger partial charge in [-0.1, -0.05) is 0 Å². The molecule has 0 spiro atoms. The van der Waals surface area contributed by atoms with Gasteiger partial charge in [-0.15, -0.1) is 11.3 Å². The highest BCUT2D eigenvalue weighted by molar-refractivity contribution is 9.10. The number of rotatable bonds is 5. The lowest BCUT2D eigenvalue weighted by molar-refractivity contribution is 0.241. The van der Waals surface area contributed by atoms with Crippen LogP contribution in [0.25, 0.3) is 0 Å². The van der Waals surface area contributed by atoms with Gasteiger partial charge in [-0.3, -0.25) is 4.98 Å². The van der Waals surface area contributed by atoms with E-state index < -0.39 is 0 Å². The number of pyridine rings is 1. The molecule has 2 heterocycles. The van der Waals surface area contributed by atoms with Crippen LogP contribution in [-0.2, 0) is 0 Å². The van der Waals surface area contributed by atoms with Gasteiger partial charge in [-0.05, 0) is 54.5 Å². The fraction of sp³-hybridized carbons (Fsp3) is 0.357. The van der Waals surface area contributed by atoms with E-state index in [2.05, 4.69) is 37.7 Å². The molecular weight excluding hydrogens is 324 g/mol. The van der Waals surface area contributed by atoms with Gasteiger partial charge in [0.15, 0.2) is 0 Å². The lowest BCUT2D eigenvalue weighted by Gasteiger charge is -2.16. The largest absolute Gasteiger partial charge is 0.489 e. The first-order chi connectivity index (χ1) is 9.10. The Labute approximate surface area is 126 Å². The smallest absolute Gasteiger partial charge is 0.138 e. The second-order valence-corrected chi connectivity index (χ2v) is 6.37. The standard InChI is InChI=1S/C14H17BrN2OS/c1-9(2)18-12-4-10(6-17-7-12)14(16-3)13-5-11(15)8-19-13/h4-9,14,16H,1-3H3. The highest BCUT2D eigenvalue weighted by Crippen LogP contribution is 2.30. The quantitative estimate of drug-likeness (QED) is 0.893. The van der Waals surface area contributed by atoms with Crippen molar-refractivity contribution in [3.05, 3.63) is 44.8 Å². The lowest BCUT2D eigenvalue weighted by atomic mass is 10.1. The van der Waals surface area contributed by atoms with Gasteiger partial charge in [0.2, 0.25) is 0 Å². The first kappa shape index (κ1) is 14.5. The summed E-state index contributed by atoms with van der Waals surface area (Å²) in [5, 5.41) is 5.41. The summed E-state index contributed by atoms with van der Waals surface area (Å²) in [6.45, 7) is 4.03. The molecule has 1 unspecified atom stereocenters. The van der Waals surface area contributed by atoms with Crippen LogP contribution >= 0.6 is 27.3 Å². The maximum atomic E-state index is 5.69. The number of aromatic nitrogens is 1. The van der Waals surface area contributed by atoms with E-state index in [1.54, 1.807) is 17.5 Å². The minimum atomic E-state index is 0.138. The SMILES string of the molecule is CNC(c1cncc(OC(C)C)c1)c1cc(Br)cs1. The summed E-state index contributed by atoms with van der Waals surface area (Å²) in [7, 11) is 1.95. The van der Waals surface area contributed by atoms with Crippen LogP contribution in [0.4, 0.5) is 0 Å². The molecular formula is C14H17BrN2OS. The maximum absolute atomic E-state index is 5.69. The van der Waals surface area contributed by atoms with Gasteiger partial charge in [-0.25, -0.2) is 0 Å². The Morgan fingerprint density at radius 1 is 1.32 bits per heavy atom. The minimum absolute atomic E-state index is 0.138. The summed E-state index contributed by atoms with van der Waals surface area (Å²) in [4.78, 5) is 5.51. The number of nitrogens with zero attached hydrogens (tertiary/aromatic N) is 1. The predicted octanol–water partition coefficient (Wildman–Crippen LogP) is 4.00. The minimum Gasteiger partial charge on any atom is -0.489 e. The molecule has 0 saturated carbocycles. The lowest BCUT2D eigenvalue weighted by Crippen LogP contribution is -2.17. The fourth-order valence-corrected chi connectivity index (χ4v) is 3.46. The Hall–Kier alpha value is -0.910. The van der Waals surface area contributed by atoms with E-state index in [0.717, 1.165) is 15.8 Å². The number of ether oxygens (including phenoxy) is 1. The van der Waals surface area contributed by atoms with Crippen LogP contribution in [0.2, 0.25) is 0 Å². The van der Waals surface area contributed by atoms with Crippen molar-refractivity contribution in [2.75, 3.05) is 7.05 Å². The van der Waals surface area contributed by atoms with Crippen molar-refractivity contribution >= 4 is 27.3 Å². The molecule has 0 radical (unpaired) electrons. The molecule has 2 rings (SSSR count). The van der Waals surface area contributed by atoms with Crippen LogP contribution in [0.1, 0.15) is 30.3 Å². The Kier molecular flexibility index (Phi) is 4.96. The van der Waals surface area contributed by atoms with Gasteiger partial charge in [-0.2, -0.15) is 0 Å². The van der Waals surface area contributed by atoms with Crippen LogP contribution in [0, 0.1) is 0 Å². The Bertz CT molecular complexity index is 542. The van der Waals surface area contributed by atoms with Crippen LogP contribution in [-0.4, -0.2) is 18.1 Å². The molecule has 0 aliphatic heterocycles. The summed E-state index contributed by atoms with van der Waals surface area (Å²) in [5.41, 5.74) is 1.11. The average Bonchev–Trinajstić information content (AvgIpc) is 2.76. The third kappa shape index (κ3) is 3.78. The molecule has 1 atom stereocenters. The van der Waals surface area contributed by atoms with Gasteiger partial charge in [0.25, 0.3) is 0 Å². The zero-order valence-electron chi connectivity index (χ0n) is 11.2. The number of nitrogens with one attached hydrogen (secondary N) is 1. The van der Waals surface area contributed by atoms with Crippen LogP contribution < -0.4 is 10.1 Å². The van der Waals surface area contributed by atoms with Crippen LogP contribution in [0.15, 0.2) is 34.4 Å². The van der Waals surface area contributed by atoms with E-state index in [-0.39, 0.29) is 12.1 Å². The molecule has 2 aromatic heterocycles. The molecule has 3 nitrogen and oxygen atoms in total. The normalized spacial score (nSPS) is 12.7. The molecule has 0 fully saturated rings. The summed E-state index contributed by atoms with van der Waals surface area (Å²) in [6, 6.07) is 4.31. The van der Waals surface area contributed by atoms with E-state index in [0.29, 0.717) is 0 Å². The van der Waals surface area contributed by atoms with Crippen LogP contribution in [0.3, 0.4) is 0 Å². The second-order valence-electron chi connectivity index (χ2n) is 4.51. The van der Waals surface area contributed by atoms with Crippen molar-refractivity contribution in [2.45, 2.75) is 26.0 Å². The average molecular weight is 341 g/mol. The van der Waals surface area contributed by atoms with E-state index in [1.165, 1.54) is 4.88 Å². The topological polar surface area (TPSA) is 34.2 Å². The molecule has 0 aromatic carbocycles. The summed E-state index contributed by atoms with van der Waals surface area (Å²) in [6.07, 6.45) is 3.78. The summed E-state index contributed by atoms with van der Waals surface area (Å²) in [5.74, 6) is 0.809. The highest BCUT2D eigenvalue weighted by Gasteiger charge is 2.15. The van der Waals surface area contributed by atoms with E-state index in [9.17, 15) is 0 Å². The number of hydrogen-bond donors (Lipinski definition) is 1. The molecule has 0 bridgehead atoms. The predicted molar refractivity (Wildman–Crippen MR) is 82.9 cm³/mol. The monoisotopic (exact) mass is 340 g/mol. The van der Waals surface area contributed by atoms with Crippen molar-refractivity contribution in [3.8, 4) is 5.75 Å². The van der Waals surface area contributed by atoms with E-state index in [1.807, 2.05) is 33.2 Å². The number of hydrogen-bond acceptors (Lipinski definition) is 4. The first-order valence-corrected chi connectivity index (χ1v) is 7.80. The van der Waals surface area contributed by atoms with E-state index in [4.69, 9.17) is 4.74 Å². The molecule has 2 aromatic rings. The van der Waals surface area contributed by atoms with Crippen molar-refractivity contribution in [2.24, 2.45) is 0 Å². The second kappa shape index (κ2) is 6.50. The Morgan fingerprint density at radius 3 is 2.68 bits per heavy atom. The molecule has 1 N–H and O–H groups in total. The van der Waals surface area contributed by atoms with Gasteiger partial charge in [0.1, 0.15) is 5.75 Å². The highest BCUT2D eigenvalue weighted by atomic mass is 79.9. The maximum Gasteiger partial charge on any atom is 0.138 e. The van der Waals surface area contributed by atoms with Crippen molar-refractivity contribution in [1.82, 2.24) is 10.3 Å². The summed E-state index contributed by atoms with van der Waals surface area (Å²) < 4.78 is 6.80. The zero-order chi connectivity index (χ0) is 13.8. The first-order valence-electron chi connectivity index (χ1n) is 6.13. The Balaban J connectivity index is 2.28. The molecule has 0 saturated heterocycles. The Morgan fingerprint density at radius 2 is 2.11 bits per heavy atom. The third-order valence-electron chi connectivity index (χ3n) is 2.60. The van der Waals surface area contributed by atoms with Crippen molar-refractivity contribution in [3.63, 3.8) is 0 Å². The zero-order valence-corrected chi connectivity index (χ0v) is 13.6. The van der Waals surface area contributed by atoms with Gasteiger partial charge >= 0.3 is 0 Å². The van der Waals surface area contributed by atoms with E-state index >= 15 is 0 Å². The molecule has 19 heavy (non-hydrogen) atoms. The molecule has 5 heteroatoms. The molecule has 0 amide bonds. The number of halogens is 1. The number of thiophene rings is 1. The van der Waals surface area contributed by atoms with Crippen molar-refractivity contribution in [1.29, 1.82) is 0 Å². The van der Waals surface area contributed by atoms with Crippen LogP contribution in [0.5, 0.6) is 5.75 Å².